The molecule has 0 saturated carbocycles. The van der Waals surface area contributed by atoms with Gasteiger partial charge in [-0.3, -0.25) is 14.5 Å². The fraction of sp³-hybridized carbons (Fsp3) is 0.455. The van der Waals surface area contributed by atoms with Crippen LogP contribution in [0.2, 0.25) is 0 Å². The molecule has 0 aliphatic carbocycles. The zero-order chi connectivity index (χ0) is 23.9. The summed E-state index contributed by atoms with van der Waals surface area (Å²) in [6.07, 6.45) is -0.0946. The Hall–Kier alpha value is -3.49. The number of aromatic nitrogens is 2. The third-order valence-electron chi connectivity index (χ3n) is 6.03. The van der Waals surface area contributed by atoms with E-state index in [0.717, 1.165) is 11.8 Å². The van der Waals surface area contributed by atoms with Crippen molar-refractivity contribution in [3.8, 4) is 0 Å². The zero-order valence-electron chi connectivity index (χ0n) is 18.7. The fourth-order valence-electron chi connectivity index (χ4n) is 4.30. The van der Waals surface area contributed by atoms with E-state index in [1.807, 2.05) is 6.92 Å². The van der Waals surface area contributed by atoms with Crippen molar-refractivity contribution in [2.45, 2.75) is 45.5 Å². The second-order valence-corrected chi connectivity index (χ2v) is 8.48. The monoisotopic (exact) mass is 455 g/mol. The summed E-state index contributed by atoms with van der Waals surface area (Å²) in [4.78, 5) is 31.0. The quantitative estimate of drug-likeness (QED) is 0.692. The van der Waals surface area contributed by atoms with E-state index in [4.69, 9.17) is 6.57 Å². The molecular formula is C22H26FN7O3. The van der Waals surface area contributed by atoms with Gasteiger partial charge in [0.15, 0.2) is 0 Å². The number of carbonyl (C=O) groups excluding carboxylic acids is 2. The molecule has 174 valence electrons. The van der Waals surface area contributed by atoms with E-state index >= 15 is 0 Å². The topological polar surface area (TPSA) is 98.3 Å². The summed E-state index contributed by atoms with van der Waals surface area (Å²) in [6.45, 7) is 12.2. The van der Waals surface area contributed by atoms with Crippen molar-refractivity contribution < 1.29 is 19.1 Å². The molecule has 3 amide bonds. The number of hydrogen-bond acceptors (Lipinski definition) is 5. The number of β-amino-alcohol motifs (C(OH)–C–C–N with tert-alkyl or cyclic N) is 1. The Morgan fingerprint density at radius 1 is 1.42 bits per heavy atom. The lowest BCUT2D eigenvalue weighted by atomic mass is 9.99. The molecule has 2 aromatic rings. The van der Waals surface area contributed by atoms with Gasteiger partial charge < -0.3 is 15.3 Å². The van der Waals surface area contributed by atoms with Crippen LogP contribution in [0, 0.1) is 12.4 Å². The number of aliphatic hydroxyl groups is 1. The van der Waals surface area contributed by atoms with E-state index in [1.165, 1.54) is 17.1 Å². The number of nitrogens with one attached hydrogen (secondary N) is 1. The van der Waals surface area contributed by atoms with Gasteiger partial charge in [-0.15, -0.1) is 0 Å². The Balaban J connectivity index is 1.58. The third-order valence-corrected chi connectivity index (χ3v) is 6.03. The number of urea groups is 1. The molecule has 4 rings (SSSR count). The number of anilines is 1. The van der Waals surface area contributed by atoms with Crippen molar-refractivity contribution >= 4 is 23.3 Å². The van der Waals surface area contributed by atoms with E-state index < -0.39 is 18.0 Å². The summed E-state index contributed by atoms with van der Waals surface area (Å²) < 4.78 is 15.3. The minimum absolute atomic E-state index is 0.167. The second kappa shape index (κ2) is 8.80. The van der Waals surface area contributed by atoms with E-state index in [1.54, 1.807) is 28.6 Å². The highest BCUT2D eigenvalue weighted by Crippen LogP contribution is 2.29. The van der Waals surface area contributed by atoms with Crippen molar-refractivity contribution in [1.82, 2.24) is 24.7 Å². The number of carbonyl (C=O) groups is 2. The highest BCUT2D eigenvalue weighted by Gasteiger charge is 2.37. The number of halogens is 1. The van der Waals surface area contributed by atoms with Gasteiger partial charge in [-0.05, 0) is 32.0 Å². The van der Waals surface area contributed by atoms with Crippen molar-refractivity contribution in [2.75, 3.05) is 25.5 Å². The maximum Gasteiger partial charge on any atom is 0.322 e. The number of benzene rings is 1. The number of nitrogens with zero attached hydrogens (tertiary/aromatic N) is 6. The predicted molar refractivity (Wildman–Crippen MR) is 118 cm³/mol. The smallest absolute Gasteiger partial charge is 0.322 e. The van der Waals surface area contributed by atoms with Crippen LogP contribution in [0.25, 0.3) is 4.85 Å². The van der Waals surface area contributed by atoms with Gasteiger partial charge in [-0.2, -0.15) is 5.10 Å². The Morgan fingerprint density at radius 2 is 2.18 bits per heavy atom. The van der Waals surface area contributed by atoms with Crippen LogP contribution in [0.1, 0.15) is 35.6 Å². The summed E-state index contributed by atoms with van der Waals surface area (Å²) in [6, 6.07) is 3.27. The fourth-order valence-corrected chi connectivity index (χ4v) is 4.30. The van der Waals surface area contributed by atoms with Crippen molar-refractivity contribution in [3.63, 3.8) is 0 Å². The molecule has 0 bridgehead atoms. The number of aliphatic hydroxyl groups excluding tert-OH is 1. The van der Waals surface area contributed by atoms with Gasteiger partial charge in [0.2, 0.25) is 5.69 Å². The molecule has 2 aliphatic heterocycles. The Bertz CT molecular complexity index is 1140. The maximum atomic E-state index is 13.6. The SMILES string of the molecule is [C-]#[N+]c1cc(NC(=O)N2Cc3c(nn4c3C(=O)N(C)N(CC(C)O)CC4)C[C@H]2C)ccc1F. The molecule has 10 nitrogen and oxygen atoms in total. The highest BCUT2D eigenvalue weighted by atomic mass is 19.1. The molecule has 0 saturated heterocycles. The molecule has 11 heteroatoms. The van der Waals surface area contributed by atoms with Crippen LogP contribution < -0.4 is 5.32 Å². The first kappa shape index (κ1) is 22.7. The van der Waals surface area contributed by atoms with Gasteiger partial charge >= 0.3 is 6.03 Å². The first-order chi connectivity index (χ1) is 15.7. The minimum Gasteiger partial charge on any atom is -0.392 e. The molecular weight excluding hydrogens is 429 g/mol. The van der Waals surface area contributed by atoms with Gasteiger partial charge in [0.05, 0.1) is 31.5 Å². The minimum atomic E-state index is -0.645. The lowest BCUT2D eigenvalue weighted by Gasteiger charge is -2.34. The molecule has 1 aromatic heterocycles. The van der Waals surface area contributed by atoms with E-state index in [9.17, 15) is 19.1 Å². The van der Waals surface area contributed by atoms with Crippen LogP contribution >= 0.6 is 0 Å². The molecule has 1 aromatic carbocycles. The Labute approximate surface area is 191 Å². The average Bonchev–Trinajstić information content (AvgIpc) is 3.07. The van der Waals surface area contributed by atoms with E-state index in [0.29, 0.717) is 43.0 Å². The summed E-state index contributed by atoms with van der Waals surface area (Å²) >= 11 is 0. The van der Waals surface area contributed by atoms with Gasteiger partial charge in [0.1, 0.15) is 11.5 Å². The van der Waals surface area contributed by atoms with E-state index in [2.05, 4.69) is 15.3 Å². The van der Waals surface area contributed by atoms with E-state index in [-0.39, 0.29) is 24.2 Å². The van der Waals surface area contributed by atoms with Crippen LogP contribution in [0.5, 0.6) is 0 Å². The standard InChI is InChI=1S/C22H26FN7O3/c1-13-9-18-16(12-29(13)22(33)25-15-5-6-17(23)19(10-15)24-3)20-21(32)27(4)28(11-14(2)31)7-8-30(20)26-18/h5-6,10,13-14,31H,7-9,11-12H2,1-2,4H3,(H,25,33)/t13-,14?/m1/s1. The summed E-state index contributed by atoms with van der Waals surface area (Å²) in [5, 5.41) is 20.4. The zero-order valence-corrected chi connectivity index (χ0v) is 18.7. The molecule has 0 radical (unpaired) electrons. The summed E-state index contributed by atoms with van der Waals surface area (Å²) in [5.74, 6) is -0.883. The largest absolute Gasteiger partial charge is 0.392 e. The number of amides is 3. The number of hydrogen-bond donors (Lipinski definition) is 2. The maximum absolute atomic E-state index is 13.6. The number of hydrazine groups is 1. The first-order valence-electron chi connectivity index (χ1n) is 10.7. The second-order valence-electron chi connectivity index (χ2n) is 8.48. The number of fused-ring (bicyclic) bond motifs is 3. The molecule has 3 heterocycles. The molecule has 2 atom stereocenters. The molecule has 0 spiro atoms. The Kier molecular flexibility index (Phi) is 6.05. The third kappa shape index (κ3) is 4.27. The van der Waals surface area contributed by atoms with Crippen LogP contribution in [0.3, 0.4) is 0 Å². The van der Waals surface area contributed by atoms with Gasteiger partial charge in [-0.1, -0.05) is 0 Å². The predicted octanol–water partition coefficient (Wildman–Crippen LogP) is 2.24. The van der Waals surface area contributed by atoms with Crippen molar-refractivity contribution in [2.24, 2.45) is 0 Å². The van der Waals surface area contributed by atoms with Gasteiger partial charge in [0.25, 0.3) is 5.91 Å². The lowest BCUT2D eigenvalue weighted by Crippen LogP contribution is -2.47. The molecule has 2 N–H and O–H groups in total. The Morgan fingerprint density at radius 3 is 2.88 bits per heavy atom. The molecule has 33 heavy (non-hydrogen) atoms. The van der Waals surface area contributed by atoms with Crippen LogP contribution in [0.15, 0.2) is 18.2 Å². The van der Waals surface area contributed by atoms with Gasteiger partial charge in [0, 0.05) is 43.9 Å². The average molecular weight is 455 g/mol. The van der Waals surface area contributed by atoms with Crippen molar-refractivity contribution in [1.29, 1.82) is 0 Å². The molecule has 1 unspecified atom stereocenters. The molecule has 0 fully saturated rings. The van der Waals surface area contributed by atoms with Crippen LogP contribution in [-0.2, 0) is 19.5 Å². The van der Waals surface area contributed by atoms with Crippen LogP contribution in [-0.4, -0.2) is 74.0 Å². The van der Waals surface area contributed by atoms with Crippen molar-refractivity contribution in [3.05, 3.63) is 52.4 Å². The lowest BCUT2D eigenvalue weighted by molar-refractivity contribution is -0.0143. The summed E-state index contributed by atoms with van der Waals surface area (Å²) in [7, 11) is 1.67. The van der Waals surface area contributed by atoms with Crippen LogP contribution in [0.4, 0.5) is 20.6 Å². The van der Waals surface area contributed by atoms with Gasteiger partial charge in [-0.25, -0.2) is 19.0 Å². The first-order valence-corrected chi connectivity index (χ1v) is 10.7. The molecule has 2 aliphatic rings. The summed E-state index contributed by atoms with van der Waals surface area (Å²) in [5.41, 5.74) is 2.11. The normalized spacial score (nSPS) is 19.4. The highest BCUT2D eigenvalue weighted by molar-refractivity contribution is 5.95. The number of rotatable bonds is 3.